The van der Waals surface area contributed by atoms with Crippen LogP contribution in [0.2, 0.25) is 10.0 Å². The van der Waals surface area contributed by atoms with Crippen molar-refractivity contribution in [1.29, 1.82) is 0 Å². The molecule has 0 unspecified atom stereocenters. The van der Waals surface area contributed by atoms with Crippen molar-refractivity contribution in [1.82, 2.24) is 5.32 Å². The summed E-state index contributed by atoms with van der Waals surface area (Å²) in [6.45, 7) is 2.56. The summed E-state index contributed by atoms with van der Waals surface area (Å²) in [6, 6.07) is 13.1. The van der Waals surface area contributed by atoms with Gasteiger partial charge in [-0.15, -0.1) is 0 Å². The molecule has 0 aliphatic rings. The van der Waals surface area contributed by atoms with E-state index < -0.39 is 0 Å². The highest BCUT2D eigenvalue weighted by Gasteiger charge is 2.10. The van der Waals surface area contributed by atoms with Crippen molar-refractivity contribution in [3.63, 3.8) is 0 Å². The van der Waals surface area contributed by atoms with Gasteiger partial charge in [-0.2, -0.15) is 0 Å². The fraction of sp³-hybridized carbons (Fsp3) is 0.200. The van der Waals surface area contributed by atoms with Crippen LogP contribution in [0.25, 0.3) is 0 Å². The Hall–Kier alpha value is -1.22. The van der Waals surface area contributed by atoms with E-state index in [-0.39, 0.29) is 11.8 Å². The minimum absolute atomic E-state index is 0.0899. The SMILES string of the molecule is C[C@H](NCc1cccc(Cl)c1O)c1ccccc1Cl. The lowest BCUT2D eigenvalue weighted by atomic mass is 10.1. The second-order valence-electron chi connectivity index (χ2n) is 4.37. The van der Waals surface area contributed by atoms with E-state index in [1.54, 1.807) is 6.07 Å². The van der Waals surface area contributed by atoms with Gasteiger partial charge in [0, 0.05) is 23.2 Å². The second-order valence-corrected chi connectivity index (χ2v) is 5.19. The second kappa shape index (κ2) is 6.29. The third kappa shape index (κ3) is 3.41. The molecule has 1 atom stereocenters. The van der Waals surface area contributed by atoms with E-state index in [9.17, 15) is 5.11 Å². The number of hydrogen-bond acceptors (Lipinski definition) is 2. The Morgan fingerprint density at radius 3 is 2.47 bits per heavy atom. The number of aromatic hydroxyl groups is 1. The highest BCUT2D eigenvalue weighted by molar-refractivity contribution is 6.32. The van der Waals surface area contributed by atoms with Crippen LogP contribution < -0.4 is 5.32 Å². The molecule has 0 aromatic heterocycles. The minimum Gasteiger partial charge on any atom is -0.506 e. The van der Waals surface area contributed by atoms with Crippen molar-refractivity contribution in [2.24, 2.45) is 0 Å². The maximum Gasteiger partial charge on any atom is 0.138 e. The van der Waals surface area contributed by atoms with E-state index in [2.05, 4.69) is 5.32 Å². The molecule has 0 aliphatic carbocycles. The average molecular weight is 296 g/mol. The summed E-state index contributed by atoms with van der Waals surface area (Å²) < 4.78 is 0. The van der Waals surface area contributed by atoms with Gasteiger partial charge in [0.05, 0.1) is 5.02 Å². The first-order valence-electron chi connectivity index (χ1n) is 6.03. The topological polar surface area (TPSA) is 32.3 Å². The molecule has 0 saturated carbocycles. The molecule has 0 radical (unpaired) electrons. The molecule has 4 heteroatoms. The van der Waals surface area contributed by atoms with Crippen LogP contribution in [0, 0.1) is 0 Å². The van der Waals surface area contributed by atoms with Crippen LogP contribution in [0.1, 0.15) is 24.1 Å². The molecule has 0 bridgehead atoms. The van der Waals surface area contributed by atoms with Crippen LogP contribution in [0.3, 0.4) is 0 Å². The minimum atomic E-state index is 0.0899. The zero-order valence-corrected chi connectivity index (χ0v) is 12.0. The Morgan fingerprint density at radius 2 is 1.74 bits per heavy atom. The van der Waals surface area contributed by atoms with Gasteiger partial charge >= 0.3 is 0 Å². The van der Waals surface area contributed by atoms with E-state index >= 15 is 0 Å². The lowest BCUT2D eigenvalue weighted by Crippen LogP contribution is -2.18. The Morgan fingerprint density at radius 1 is 1.05 bits per heavy atom. The van der Waals surface area contributed by atoms with Crippen molar-refractivity contribution in [2.45, 2.75) is 19.5 Å². The van der Waals surface area contributed by atoms with Crippen molar-refractivity contribution in [3.05, 3.63) is 63.6 Å². The first-order valence-corrected chi connectivity index (χ1v) is 6.79. The number of halogens is 2. The summed E-state index contributed by atoms with van der Waals surface area (Å²) in [6.07, 6.45) is 0. The number of phenolic OH excluding ortho intramolecular Hbond substituents is 1. The van der Waals surface area contributed by atoms with Gasteiger partial charge in [0.2, 0.25) is 0 Å². The molecular formula is C15H15Cl2NO. The predicted molar refractivity (Wildman–Crippen MR) is 79.8 cm³/mol. The summed E-state index contributed by atoms with van der Waals surface area (Å²) in [4.78, 5) is 0. The number of benzene rings is 2. The predicted octanol–water partition coefficient (Wildman–Crippen LogP) is 4.55. The van der Waals surface area contributed by atoms with Crippen LogP contribution in [0.4, 0.5) is 0 Å². The van der Waals surface area contributed by atoms with Crippen molar-refractivity contribution in [2.75, 3.05) is 0 Å². The Labute approximate surface area is 123 Å². The fourth-order valence-electron chi connectivity index (χ4n) is 1.90. The first-order chi connectivity index (χ1) is 9.09. The summed E-state index contributed by atoms with van der Waals surface area (Å²) in [5.41, 5.74) is 1.80. The molecule has 2 nitrogen and oxygen atoms in total. The van der Waals surface area contributed by atoms with Gasteiger partial charge in [0.15, 0.2) is 0 Å². The number of hydrogen-bond donors (Lipinski definition) is 2. The molecule has 0 spiro atoms. The monoisotopic (exact) mass is 295 g/mol. The lowest BCUT2D eigenvalue weighted by Gasteiger charge is -2.16. The van der Waals surface area contributed by atoms with Gasteiger partial charge < -0.3 is 10.4 Å². The molecule has 2 aromatic carbocycles. The molecule has 2 N–H and O–H groups in total. The normalized spacial score (nSPS) is 12.4. The third-order valence-electron chi connectivity index (χ3n) is 3.04. The highest BCUT2D eigenvalue weighted by atomic mass is 35.5. The number of nitrogens with one attached hydrogen (secondary N) is 1. The lowest BCUT2D eigenvalue weighted by molar-refractivity contribution is 0.460. The van der Waals surface area contributed by atoms with Crippen molar-refractivity contribution in [3.8, 4) is 5.75 Å². The van der Waals surface area contributed by atoms with Crippen LogP contribution in [0.15, 0.2) is 42.5 Å². The number of rotatable bonds is 4. The number of phenols is 1. The van der Waals surface area contributed by atoms with E-state index in [1.807, 2.05) is 43.3 Å². The van der Waals surface area contributed by atoms with Gasteiger partial charge in [-0.25, -0.2) is 0 Å². The molecule has 2 rings (SSSR count). The standard InChI is InChI=1S/C15H15Cl2NO/c1-10(12-6-2-3-7-13(12)16)18-9-11-5-4-8-14(17)15(11)19/h2-8,10,18-19H,9H2,1H3/t10-/m0/s1. The third-order valence-corrected chi connectivity index (χ3v) is 3.69. The van der Waals surface area contributed by atoms with Gasteiger partial charge in [-0.1, -0.05) is 53.5 Å². The molecule has 0 heterocycles. The fourth-order valence-corrected chi connectivity index (χ4v) is 2.40. The Balaban J connectivity index is 2.07. The molecule has 19 heavy (non-hydrogen) atoms. The molecule has 0 amide bonds. The Bertz CT molecular complexity index is 572. The molecule has 0 saturated heterocycles. The van der Waals surface area contributed by atoms with E-state index in [0.717, 1.165) is 16.1 Å². The molecule has 0 aliphatic heterocycles. The summed E-state index contributed by atoms with van der Waals surface area (Å²) in [7, 11) is 0. The zero-order valence-electron chi connectivity index (χ0n) is 10.5. The smallest absolute Gasteiger partial charge is 0.138 e. The van der Waals surface area contributed by atoms with Crippen LogP contribution in [0.5, 0.6) is 5.75 Å². The van der Waals surface area contributed by atoms with E-state index in [1.165, 1.54) is 0 Å². The molecule has 0 fully saturated rings. The first kappa shape index (κ1) is 14.2. The van der Waals surface area contributed by atoms with Crippen molar-refractivity contribution < 1.29 is 5.11 Å². The maximum absolute atomic E-state index is 9.84. The zero-order chi connectivity index (χ0) is 13.8. The summed E-state index contributed by atoms with van der Waals surface area (Å²) in [5.74, 6) is 0.128. The number of para-hydroxylation sites is 1. The maximum atomic E-state index is 9.84. The molecule has 100 valence electrons. The van der Waals surface area contributed by atoms with Crippen molar-refractivity contribution >= 4 is 23.2 Å². The quantitative estimate of drug-likeness (QED) is 0.867. The van der Waals surface area contributed by atoms with E-state index in [4.69, 9.17) is 23.2 Å². The van der Waals surface area contributed by atoms with Gasteiger partial charge in [-0.05, 0) is 24.6 Å². The van der Waals surface area contributed by atoms with Crippen LogP contribution >= 0.6 is 23.2 Å². The van der Waals surface area contributed by atoms with Gasteiger partial charge in [-0.3, -0.25) is 0 Å². The van der Waals surface area contributed by atoms with Gasteiger partial charge in [0.1, 0.15) is 5.75 Å². The highest BCUT2D eigenvalue weighted by Crippen LogP contribution is 2.28. The largest absolute Gasteiger partial charge is 0.506 e. The van der Waals surface area contributed by atoms with Crippen LogP contribution in [-0.2, 0) is 6.54 Å². The molecule has 2 aromatic rings. The van der Waals surface area contributed by atoms with E-state index in [0.29, 0.717) is 11.6 Å². The van der Waals surface area contributed by atoms with Gasteiger partial charge in [0.25, 0.3) is 0 Å². The Kier molecular flexibility index (Phi) is 4.70. The summed E-state index contributed by atoms with van der Waals surface area (Å²) in [5, 5.41) is 14.3. The molecular weight excluding hydrogens is 281 g/mol. The average Bonchev–Trinajstić information content (AvgIpc) is 2.40. The van der Waals surface area contributed by atoms with Crippen LogP contribution in [-0.4, -0.2) is 5.11 Å². The summed E-state index contributed by atoms with van der Waals surface area (Å²) >= 11 is 12.0.